The molecule has 340 valence electrons. The molecule has 1 fully saturated rings. The van der Waals surface area contributed by atoms with Gasteiger partial charge in [0.25, 0.3) is 5.91 Å². The Balaban J connectivity index is 1.31. The lowest BCUT2D eigenvalue weighted by Gasteiger charge is -2.45. The maximum Gasteiger partial charge on any atom is 0.303 e. The highest BCUT2D eigenvalue weighted by Gasteiger charge is 2.51. The van der Waals surface area contributed by atoms with E-state index in [1.54, 1.807) is 56.5 Å². The lowest BCUT2D eigenvalue weighted by molar-refractivity contribution is -0.994. The highest BCUT2D eigenvalue weighted by molar-refractivity contribution is 7.43. The van der Waals surface area contributed by atoms with Gasteiger partial charge in [0.2, 0.25) is 0 Å². The van der Waals surface area contributed by atoms with Crippen molar-refractivity contribution < 1.29 is 42.5 Å². The molecule has 1 unspecified atom stereocenters. The number of quaternary nitrogens is 1. The third-order valence-corrected chi connectivity index (χ3v) is 13.0. The lowest BCUT2D eigenvalue weighted by atomic mass is 9.80. The fraction of sp³-hybridized carbons (Fsp3) is 0.354. The van der Waals surface area contributed by atoms with Crippen LogP contribution in [0.25, 0.3) is 11.2 Å². The molecule has 0 aliphatic carbocycles. The second kappa shape index (κ2) is 21.0. The number of aromatic nitrogens is 4. The number of amides is 1. The van der Waals surface area contributed by atoms with Crippen molar-refractivity contribution in [3.05, 3.63) is 144 Å². The summed E-state index contributed by atoms with van der Waals surface area (Å²) in [6.07, 6.45) is -0.428. The van der Waals surface area contributed by atoms with Gasteiger partial charge < -0.3 is 38.4 Å². The molecule has 6 aromatic rings. The molecule has 1 amide bonds. The number of ether oxygens (including phenoxy) is 5. The first-order valence-corrected chi connectivity index (χ1v) is 22.6. The predicted molar refractivity (Wildman–Crippen MR) is 245 cm³/mol. The number of benzene rings is 4. The zero-order valence-electron chi connectivity index (χ0n) is 37.6. The summed E-state index contributed by atoms with van der Waals surface area (Å²) in [5.74, 6) is 1.22. The molecule has 16 nitrogen and oxygen atoms in total. The van der Waals surface area contributed by atoms with Gasteiger partial charge >= 0.3 is 8.53 Å². The summed E-state index contributed by atoms with van der Waals surface area (Å²) in [4.78, 5) is 38.8. The van der Waals surface area contributed by atoms with E-state index in [4.69, 9.17) is 28.2 Å². The van der Waals surface area contributed by atoms with E-state index in [2.05, 4.69) is 31.5 Å². The Labute approximate surface area is 380 Å². The molecule has 3 heterocycles. The van der Waals surface area contributed by atoms with Crippen molar-refractivity contribution in [3.63, 3.8) is 0 Å². The third-order valence-electron chi connectivity index (χ3n) is 12.0. The molecule has 1 saturated heterocycles. The highest BCUT2D eigenvalue weighted by Crippen LogP contribution is 2.46. The Kier molecular flexibility index (Phi) is 15.2. The molecule has 0 radical (unpaired) electrons. The molecule has 1 aliphatic heterocycles. The Morgan fingerprint density at radius 1 is 0.846 bits per heavy atom. The molecule has 4 aromatic carbocycles. The van der Waals surface area contributed by atoms with Gasteiger partial charge in [0.1, 0.15) is 60.4 Å². The summed E-state index contributed by atoms with van der Waals surface area (Å²) < 4.78 is 40.3. The highest BCUT2D eigenvalue weighted by atomic mass is 31.2. The molecule has 3 N–H and O–H groups in total. The van der Waals surface area contributed by atoms with Crippen molar-refractivity contribution in [2.24, 2.45) is 0 Å². The lowest BCUT2D eigenvalue weighted by Crippen LogP contribution is -2.64. The summed E-state index contributed by atoms with van der Waals surface area (Å²) in [6, 6.07) is 36.4. The Hall–Kier alpha value is -5.86. The van der Waals surface area contributed by atoms with Crippen LogP contribution < -0.4 is 20.0 Å². The van der Waals surface area contributed by atoms with Crippen LogP contribution in [0.3, 0.4) is 0 Å². The van der Waals surface area contributed by atoms with Gasteiger partial charge in [-0.1, -0.05) is 78.0 Å². The number of carbonyl (C=O) groups is 1. The van der Waals surface area contributed by atoms with Crippen LogP contribution in [0.5, 0.6) is 11.5 Å². The van der Waals surface area contributed by atoms with Crippen molar-refractivity contribution in [3.8, 4) is 17.6 Å². The molecule has 0 bridgehead atoms. The number of nitrogens with one attached hydrogen (secondary N) is 2. The van der Waals surface area contributed by atoms with E-state index < -0.39 is 38.7 Å². The van der Waals surface area contributed by atoms with E-state index in [1.807, 2.05) is 113 Å². The monoisotopic (exact) mass is 903 g/mol. The molecule has 1 aliphatic rings. The van der Waals surface area contributed by atoms with Gasteiger partial charge in [-0.15, -0.1) is 0 Å². The van der Waals surface area contributed by atoms with E-state index in [0.717, 1.165) is 16.7 Å². The van der Waals surface area contributed by atoms with Gasteiger partial charge in [-0.25, -0.2) is 19.5 Å². The number of nitrogens with zero attached hydrogens (tertiary/aromatic N) is 6. The zero-order chi connectivity index (χ0) is 46.1. The summed E-state index contributed by atoms with van der Waals surface area (Å²) >= 11 is 0. The molecule has 65 heavy (non-hydrogen) atoms. The fourth-order valence-electron chi connectivity index (χ4n) is 8.55. The first-order valence-electron chi connectivity index (χ1n) is 21.4. The molecule has 0 saturated carbocycles. The number of hydrogen-bond donors (Lipinski definition) is 3. The molecular weight excluding hydrogens is 848 g/mol. The number of fused-ring (bicyclic) bond motifs is 1. The molecule has 7 rings (SSSR count). The van der Waals surface area contributed by atoms with E-state index >= 15 is 0 Å². The topological polar surface area (TPSA) is 184 Å². The first kappa shape index (κ1) is 47.1. The summed E-state index contributed by atoms with van der Waals surface area (Å²) in [7, 11) is 2.41. The predicted octanol–water partition coefficient (Wildman–Crippen LogP) is 7.67. The van der Waals surface area contributed by atoms with Gasteiger partial charge in [0, 0.05) is 12.7 Å². The zero-order valence-corrected chi connectivity index (χ0v) is 38.5. The van der Waals surface area contributed by atoms with Crippen LogP contribution in [0.4, 0.5) is 5.82 Å². The SMILES string of the molecule is COc1ccc(C(OC[C@H]2O[C@@H](n3cnc4c(NC(=O)c5ccccc5)ncnc43)[C@H](OC)[C@@H]2OP(O)N[N+](CCC#N)(C(C)C)C(C)C)(c2ccccc2)c2ccc(OC)cc2)cc1. The van der Waals surface area contributed by atoms with E-state index in [1.165, 1.54) is 6.33 Å². The molecular formula is C48H56N8O8P+. The standard InChI is InChI=1S/C48H55N8O8P/c1-32(2)56(33(3)4,28-14-27-49)54-65(58)64-42-40(63-47(43(42)61-7)55-31-52-41-44(50-30-51-45(41)55)53-46(57)34-15-10-8-11-16-34)29-62-48(35-17-12-9-13-18-35,36-19-23-38(59-5)24-20-36)37-21-25-39(60-6)26-22-37/h8-13,15-26,30-33,40,42-43,47,54,58H,14,28-29H2,1-7H3/p+1/t40-,42-,43-,47-,65?/m1/s1. The average Bonchev–Trinajstić information content (AvgIpc) is 3.92. The first-order chi connectivity index (χ1) is 31.5. The molecule has 17 heteroatoms. The van der Waals surface area contributed by atoms with Crippen LogP contribution >= 0.6 is 8.53 Å². The van der Waals surface area contributed by atoms with Crippen LogP contribution in [-0.4, -0.2) is 99.8 Å². The quantitative estimate of drug-likeness (QED) is 0.0294. The Morgan fingerprint density at radius 2 is 1.43 bits per heavy atom. The summed E-state index contributed by atoms with van der Waals surface area (Å²) in [6.45, 7) is 8.54. The van der Waals surface area contributed by atoms with Crippen molar-refractivity contribution in [1.82, 2.24) is 24.7 Å². The maximum atomic E-state index is 13.2. The van der Waals surface area contributed by atoms with Gasteiger partial charge in [-0.3, -0.25) is 9.36 Å². The summed E-state index contributed by atoms with van der Waals surface area (Å²) in [5.41, 5.74) is 2.40. The van der Waals surface area contributed by atoms with Crippen molar-refractivity contribution in [2.75, 3.05) is 39.8 Å². The summed E-state index contributed by atoms with van der Waals surface area (Å²) in [5, 5.41) is 15.9. The molecule has 2 aromatic heterocycles. The normalized spacial score (nSPS) is 18.2. The van der Waals surface area contributed by atoms with Crippen molar-refractivity contribution in [1.29, 1.82) is 5.26 Å². The fourth-order valence-corrected chi connectivity index (χ4v) is 9.97. The van der Waals surface area contributed by atoms with Crippen molar-refractivity contribution in [2.45, 2.75) is 76.3 Å². The minimum absolute atomic E-state index is 0.0249. The minimum atomic E-state index is -2.38. The number of anilines is 1. The number of carbonyl (C=O) groups excluding carboxylic acids is 1. The number of imidazole rings is 1. The van der Waals surface area contributed by atoms with Gasteiger partial charge in [0.15, 0.2) is 23.2 Å². The Bertz CT molecular complexity index is 2470. The van der Waals surface area contributed by atoms with Crippen LogP contribution in [-0.2, 0) is 24.3 Å². The van der Waals surface area contributed by atoms with E-state index in [9.17, 15) is 14.9 Å². The second-order valence-corrected chi connectivity index (χ2v) is 17.1. The molecule has 5 atom stereocenters. The van der Waals surface area contributed by atoms with Gasteiger partial charge in [0.05, 0.1) is 39.6 Å². The largest absolute Gasteiger partial charge is 0.497 e. The van der Waals surface area contributed by atoms with Gasteiger partial charge in [-0.2, -0.15) is 5.26 Å². The number of rotatable bonds is 20. The second-order valence-electron chi connectivity index (χ2n) is 16.1. The smallest absolute Gasteiger partial charge is 0.303 e. The number of hydrogen-bond acceptors (Lipinski definition) is 13. The van der Waals surface area contributed by atoms with E-state index in [0.29, 0.717) is 34.8 Å². The third kappa shape index (κ3) is 9.74. The van der Waals surface area contributed by atoms with Crippen molar-refractivity contribution >= 4 is 31.4 Å². The van der Waals surface area contributed by atoms with Crippen LogP contribution in [0.15, 0.2) is 122 Å². The molecule has 0 spiro atoms. The maximum absolute atomic E-state index is 13.2. The number of nitriles is 1. The number of methoxy groups -OCH3 is 3. The Morgan fingerprint density at radius 3 is 1.98 bits per heavy atom. The average molecular weight is 904 g/mol. The van der Waals surface area contributed by atoms with Gasteiger partial charge in [-0.05, 0) is 80.8 Å². The minimum Gasteiger partial charge on any atom is -0.497 e. The van der Waals surface area contributed by atoms with E-state index in [-0.39, 0.29) is 41.4 Å². The van der Waals surface area contributed by atoms with Crippen LogP contribution in [0.2, 0.25) is 0 Å². The van der Waals surface area contributed by atoms with Crippen LogP contribution in [0, 0.1) is 11.3 Å². The van der Waals surface area contributed by atoms with Crippen LogP contribution in [0.1, 0.15) is 67.4 Å².